The number of carbonyl (C=O) groups is 3. The summed E-state index contributed by atoms with van der Waals surface area (Å²) in [5.74, 6) is 0.824. The van der Waals surface area contributed by atoms with E-state index in [9.17, 15) is 14.4 Å². The Balaban J connectivity index is 1.23. The van der Waals surface area contributed by atoms with Crippen LogP contribution >= 0.6 is 0 Å². The van der Waals surface area contributed by atoms with Gasteiger partial charge in [0.05, 0.1) is 5.92 Å². The molecule has 11 heteroatoms. The van der Waals surface area contributed by atoms with Gasteiger partial charge < -0.3 is 20.9 Å². The summed E-state index contributed by atoms with van der Waals surface area (Å²) in [5, 5.41) is 12.6. The molecule has 4 rings (SSSR count). The number of anilines is 2. The predicted octanol–water partition coefficient (Wildman–Crippen LogP) is 1.38. The lowest BCUT2D eigenvalue weighted by Crippen LogP contribution is -2.45. The van der Waals surface area contributed by atoms with Crippen LogP contribution in [0.4, 0.5) is 11.5 Å². The summed E-state index contributed by atoms with van der Waals surface area (Å²) >= 11 is 0. The molecule has 35 heavy (non-hydrogen) atoms. The van der Waals surface area contributed by atoms with Gasteiger partial charge >= 0.3 is 0 Å². The van der Waals surface area contributed by atoms with Crippen molar-refractivity contribution in [2.24, 2.45) is 5.92 Å². The van der Waals surface area contributed by atoms with Crippen LogP contribution in [-0.2, 0) is 9.59 Å². The van der Waals surface area contributed by atoms with E-state index in [1.165, 1.54) is 13.3 Å². The second kappa shape index (κ2) is 11.2. The maximum Gasteiger partial charge on any atom is 0.251 e. The van der Waals surface area contributed by atoms with Crippen LogP contribution in [0.25, 0.3) is 5.82 Å². The highest BCUT2D eigenvalue weighted by atomic mass is 16.2. The van der Waals surface area contributed by atoms with Crippen LogP contribution in [0.15, 0.2) is 55.1 Å². The molecule has 3 N–H and O–H groups in total. The number of nitrogens with one attached hydrogen (secondary N) is 3. The molecule has 0 aliphatic carbocycles. The molecule has 0 spiro atoms. The van der Waals surface area contributed by atoms with Gasteiger partial charge in [0, 0.05) is 62.8 Å². The molecule has 182 valence electrons. The summed E-state index contributed by atoms with van der Waals surface area (Å²) in [6, 6.07) is 10.3. The van der Waals surface area contributed by atoms with Crippen molar-refractivity contribution in [2.45, 2.75) is 19.8 Å². The molecule has 1 fully saturated rings. The van der Waals surface area contributed by atoms with Crippen LogP contribution in [0.1, 0.15) is 30.1 Å². The maximum atomic E-state index is 12.7. The molecule has 3 aromatic rings. The van der Waals surface area contributed by atoms with E-state index in [-0.39, 0.29) is 23.6 Å². The molecule has 0 radical (unpaired) electrons. The van der Waals surface area contributed by atoms with Gasteiger partial charge in [-0.1, -0.05) is 0 Å². The normalized spacial score (nSPS) is 15.3. The van der Waals surface area contributed by atoms with E-state index in [2.05, 4.69) is 35.9 Å². The standard InChI is InChI=1S/C24H28N8O3/c1-17(33)30-20-7-5-18(6-8-20)23(34)25-10-11-26-24(35)19-4-2-12-31(15-19)21-14-22(28-16-27-21)32-13-3-9-29-32/h3,5-9,13-14,16,19H,2,4,10-12,15H2,1H3,(H,25,34)(H,26,35)(H,30,33). The third-order valence-electron chi connectivity index (χ3n) is 5.67. The second-order valence-corrected chi connectivity index (χ2v) is 8.28. The second-order valence-electron chi connectivity index (χ2n) is 8.28. The minimum atomic E-state index is -0.241. The summed E-state index contributed by atoms with van der Waals surface area (Å²) < 4.78 is 1.67. The molecule has 1 unspecified atom stereocenters. The number of rotatable bonds is 8. The predicted molar refractivity (Wildman–Crippen MR) is 130 cm³/mol. The first-order valence-electron chi connectivity index (χ1n) is 11.5. The van der Waals surface area contributed by atoms with E-state index in [0.717, 1.165) is 25.2 Å². The average molecular weight is 477 g/mol. The minimum Gasteiger partial charge on any atom is -0.356 e. The van der Waals surface area contributed by atoms with Gasteiger partial charge in [-0.25, -0.2) is 14.6 Å². The van der Waals surface area contributed by atoms with Gasteiger partial charge in [0.25, 0.3) is 5.91 Å². The van der Waals surface area contributed by atoms with E-state index in [4.69, 9.17) is 0 Å². The largest absolute Gasteiger partial charge is 0.356 e. The van der Waals surface area contributed by atoms with Gasteiger partial charge in [-0.2, -0.15) is 5.10 Å². The third-order valence-corrected chi connectivity index (χ3v) is 5.67. The minimum absolute atomic E-state index is 0.0371. The first-order valence-corrected chi connectivity index (χ1v) is 11.5. The lowest BCUT2D eigenvalue weighted by atomic mass is 9.97. The number of piperidine rings is 1. The zero-order chi connectivity index (χ0) is 24.6. The quantitative estimate of drug-likeness (QED) is 0.418. The first kappa shape index (κ1) is 23.9. The summed E-state index contributed by atoms with van der Waals surface area (Å²) in [5.41, 5.74) is 1.11. The highest BCUT2D eigenvalue weighted by molar-refractivity contribution is 5.95. The van der Waals surface area contributed by atoms with Crippen LogP contribution in [0, 0.1) is 5.92 Å². The number of nitrogens with zero attached hydrogens (tertiary/aromatic N) is 5. The molecule has 0 bridgehead atoms. The van der Waals surface area contributed by atoms with Gasteiger partial charge in [0.15, 0.2) is 5.82 Å². The molecule has 3 heterocycles. The highest BCUT2D eigenvalue weighted by Crippen LogP contribution is 2.22. The first-order chi connectivity index (χ1) is 17.0. The Bertz CT molecular complexity index is 1160. The Morgan fingerprint density at radius 1 is 1.06 bits per heavy atom. The summed E-state index contributed by atoms with van der Waals surface area (Å²) in [7, 11) is 0. The van der Waals surface area contributed by atoms with Crippen molar-refractivity contribution in [3.63, 3.8) is 0 Å². The van der Waals surface area contributed by atoms with Crippen molar-refractivity contribution in [1.82, 2.24) is 30.4 Å². The Labute approximate surface area is 202 Å². The lowest BCUT2D eigenvalue weighted by Gasteiger charge is -2.32. The lowest BCUT2D eigenvalue weighted by molar-refractivity contribution is -0.125. The average Bonchev–Trinajstić information content (AvgIpc) is 3.42. The van der Waals surface area contributed by atoms with Crippen molar-refractivity contribution in [2.75, 3.05) is 36.4 Å². The van der Waals surface area contributed by atoms with Crippen molar-refractivity contribution in [3.05, 3.63) is 60.7 Å². The van der Waals surface area contributed by atoms with Crippen molar-refractivity contribution < 1.29 is 14.4 Å². The fourth-order valence-corrected chi connectivity index (χ4v) is 3.96. The van der Waals surface area contributed by atoms with Crippen LogP contribution < -0.4 is 20.9 Å². The fourth-order valence-electron chi connectivity index (χ4n) is 3.96. The van der Waals surface area contributed by atoms with Gasteiger partial charge in [-0.15, -0.1) is 0 Å². The Hall–Kier alpha value is -4.28. The Kier molecular flexibility index (Phi) is 7.66. The maximum absolute atomic E-state index is 12.7. The number of carbonyl (C=O) groups excluding carboxylic acids is 3. The number of benzene rings is 1. The zero-order valence-electron chi connectivity index (χ0n) is 19.5. The van der Waals surface area contributed by atoms with Crippen LogP contribution in [0.3, 0.4) is 0 Å². The van der Waals surface area contributed by atoms with E-state index >= 15 is 0 Å². The Morgan fingerprint density at radius 3 is 2.57 bits per heavy atom. The SMILES string of the molecule is CC(=O)Nc1ccc(C(=O)NCCNC(=O)C2CCCN(c3cc(-n4cccn4)ncn3)C2)cc1. The Morgan fingerprint density at radius 2 is 1.83 bits per heavy atom. The molecule has 1 saturated heterocycles. The number of aromatic nitrogens is 4. The van der Waals surface area contributed by atoms with Gasteiger partial charge in [0.2, 0.25) is 11.8 Å². The van der Waals surface area contributed by atoms with Crippen LogP contribution in [-0.4, -0.2) is 63.6 Å². The van der Waals surface area contributed by atoms with E-state index in [1.54, 1.807) is 35.1 Å². The van der Waals surface area contributed by atoms with Crippen molar-refractivity contribution >= 4 is 29.2 Å². The monoisotopic (exact) mass is 476 g/mol. The molecule has 3 amide bonds. The summed E-state index contributed by atoms with van der Waals surface area (Å²) in [4.78, 5) is 46.9. The fraction of sp³-hybridized carbons (Fsp3) is 0.333. The van der Waals surface area contributed by atoms with Crippen LogP contribution in [0.2, 0.25) is 0 Å². The van der Waals surface area contributed by atoms with Gasteiger partial charge in [-0.05, 0) is 43.2 Å². The van der Waals surface area contributed by atoms with E-state index in [1.807, 2.05) is 18.3 Å². The van der Waals surface area contributed by atoms with Crippen LogP contribution in [0.5, 0.6) is 0 Å². The molecular weight excluding hydrogens is 448 g/mol. The number of hydrogen-bond acceptors (Lipinski definition) is 7. The van der Waals surface area contributed by atoms with E-state index < -0.39 is 0 Å². The molecule has 1 aliphatic rings. The molecule has 1 aliphatic heterocycles. The van der Waals surface area contributed by atoms with E-state index in [0.29, 0.717) is 36.7 Å². The van der Waals surface area contributed by atoms with Crippen molar-refractivity contribution in [3.8, 4) is 5.82 Å². The summed E-state index contributed by atoms with van der Waals surface area (Å²) in [6.07, 6.45) is 6.69. The smallest absolute Gasteiger partial charge is 0.251 e. The molecule has 11 nitrogen and oxygen atoms in total. The molecule has 1 aromatic carbocycles. The van der Waals surface area contributed by atoms with Gasteiger partial charge in [0.1, 0.15) is 12.1 Å². The molecule has 1 atom stereocenters. The molecule has 0 saturated carbocycles. The molecular formula is C24H28N8O3. The van der Waals surface area contributed by atoms with Crippen molar-refractivity contribution in [1.29, 1.82) is 0 Å². The number of hydrogen-bond donors (Lipinski definition) is 3. The third kappa shape index (κ3) is 6.40. The molecule has 2 aromatic heterocycles. The highest BCUT2D eigenvalue weighted by Gasteiger charge is 2.26. The zero-order valence-corrected chi connectivity index (χ0v) is 19.5. The topological polar surface area (TPSA) is 134 Å². The van der Waals surface area contributed by atoms with Gasteiger partial charge in [-0.3, -0.25) is 14.4 Å². The summed E-state index contributed by atoms with van der Waals surface area (Å²) in [6.45, 7) is 3.45. The number of amides is 3.